The molecule has 1 fully saturated rings. The number of ether oxygens (including phenoxy) is 1. The molecular weight excluding hydrogens is 312 g/mol. The SMILES string of the molecule is CCN1CCN(c2ccc(-c3nc4ccc(OC)cc4[nH]3)cc2)CC1. The molecule has 2 heterocycles. The monoisotopic (exact) mass is 336 g/mol. The highest BCUT2D eigenvalue weighted by Crippen LogP contribution is 2.26. The molecule has 0 bridgehead atoms. The fourth-order valence-corrected chi connectivity index (χ4v) is 3.40. The minimum atomic E-state index is 0.837. The van der Waals surface area contributed by atoms with Crippen molar-refractivity contribution in [2.24, 2.45) is 0 Å². The molecule has 1 N–H and O–H groups in total. The molecule has 0 spiro atoms. The topological polar surface area (TPSA) is 44.4 Å². The van der Waals surface area contributed by atoms with Crippen LogP contribution < -0.4 is 9.64 Å². The zero-order chi connectivity index (χ0) is 17.2. The Bertz CT molecular complexity index is 848. The van der Waals surface area contributed by atoms with Gasteiger partial charge in [-0.25, -0.2) is 4.98 Å². The summed E-state index contributed by atoms with van der Waals surface area (Å²) in [4.78, 5) is 13.0. The largest absolute Gasteiger partial charge is 0.497 e. The fourth-order valence-electron chi connectivity index (χ4n) is 3.40. The Morgan fingerprint density at radius 1 is 1.04 bits per heavy atom. The van der Waals surface area contributed by atoms with Crippen LogP contribution in [0.15, 0.2) is 42.5 Å². The number of methoxy groups -OCH3 is 1. The number of nitrogens with one attached hydrogen (secondary N) is 1. The Morgan fingerprint density at radius 3 is 2.48 bits per heavy atom. The van der Waals surface area contributed by atoms with Gasteiger partial charge in [-0.1, -0.05) is 6.92 Å². The Labute approximate surface area is 148 Å². The normalized spacial score (nSPS) is 15.7. The summed E-state index contributed by atoms with van der Waals surface area (Å²) < 4.78 is 5.28. The van der Waals surface area contributed by atoms with Gasteiger partial charge in [0.1, 0.15) is 11.6 Å². The van der Waals surface area contributed by atoms with Gasteiger partial charge in [0, 0.05) is 43.5 Å². The molecule has 130 valence electrons. The van der Waals surface area contributed by atoms with Crippen molar-refractivity contribution >= 4 is 16.7 Å². The third-order valence-corrected chi connectivity index (χ3v) is 5.01. The number of hydrogen-bond acceptors (Lipinski definition) is 4. The lowest BCUT2D eigenvalue weighted by atomic mass is 10.1. The Kier molecular flexibility index (Phi) is 4.32. The third kappa shape index (κ3) is 3.20. The zero-order valence-corrected chi connectivity index (χ0v) is 14.8. The summed E-state index contributed by atoms with van der Waals surface area (Å²) in [5, 5.41) is 0. The lowest BCUT2D eigenvalue weighted by Crippen LogP contribution is -2.46. The van der Waals surface area contributed by atoms with E-state index in [4.69, 9.17) is 9.72 Å². The van der Waals surface area contributed by atoms with Gasteiger partial charge in [0.2, 0.25) is 0 Å². The van der Waals surface area contributed by atoms with Crippen LogP contribution >= 0.6 is 0 Å². The van der Waals surface area contributed by atoms with E-state index < -0.39 is 0 Å². The molecule has 0 unspecified atom stereocenters. The highest BCUT2D eigenvalue weighted by molar-refractivity contribution is 5.81. The van der Waals surface area contributed by atoms with Crippen LogP contribution in [0.25, 0.3) is 22.4 Å². The van der Waals surface area contributed by atoms with Crippen molar-refractivity contribution in [3.05, 3.63) is 42.5 Å². The molecule has 1 saturated heterocycles. The predicted octanol–water partition coefficient (Wildman–Crippen LogP) is 3.38. The fraction of sp³-hybridized carbons (Fsp3) is 0.350. The van der Waals surface area contributed by atoms with Crippen molar-refractivity contribution in [2.75, 3.05) is 44.7 Å². The molecule has 1 aliphatic rings. The smallest absolute Gasteiger partial charge is 0.138 e. The number of anilines is 1. The number of hydrogen-bond donors (Lipinski definition) is 1. The average molecular weight is 336 g/mol. The standard InChI is InChI=1S/C20H24N4O/c1-3-23-10-12-24(13-11-23)16-6-4-15(5-7-16)20-21-18-9-8-17(25-2)14-19(18)22-20/h4-9,14H,3,10-13H2,1-2H3,(H,21,22). The molecule has 3 aromatic rings. The maximum absolute atomic E-state index is 5.28. The van der Waals surface area contributed by atoms with Crippen molar-refractivity contribution in [2.45, 2.75) is 6.92 Å². The molecule has 0 atom stereocenters. The van der Waals surface area contributed by atoms with Crippen molar-refractivity contribution in [3.8, 4) is 17.1 Å². The minimum Gasteiger partial charge on any atom is -0.497 e. The minimum absolute atomic E-state index is 0.837. The quantitative estimate of drug-likeness (QED) is 0.793. The highest BCUT2D eigenvalue weighted by Gasteiger charge is 2.16. The first-order valence-electron chi connectivity index (χ1n) is 8.88. The van der Waals surface area contributed by atoms with Gasteiger partial charge in [0.15, 0.2) is 0 Å². The van der Waals surface area contributed by atoms with Crippen molar-refractivity contribution in [1.82, 2.24) is 14.9 Å². The van der Waals surface area contributed by atoms with Gasteiger partial charge in [-0.3, -0.25) is 0 Å². The first kappa shape index (κ1) is 16.0. The molecular formula is C20H24N4O. The maximum Gasteiger partial charge on any atom is 0.138 e. The van der Waals surface area contributed by atoms with Crippen LogP contribution in [-0.2, 0) is 0 Å². The maximum atomic E-state index is 5.28. The van der Waals surface area contributed by atoms with Gasteiger partial charge < -0.3 is 19.5 Å². The van der Waals surface area contributed by atoms with E-state index >= 15 is 0 Å². The summed E-state index contributed by atoms with van der Waals surface area (Å²) >= 11 is 0. The van der Waals surface area contributed by atoms with Gasteiger partial charge in [-0.2, -0.15) is 0 Å². The number of likely N-dealkylation sites (N-methyl/N-ethyl adjacent to an activating group) is 1. The Balaban J connectivity index is 1.54. The van der Waals surface area contributed by atoms with E-state index in [0.29, 0.717) is 0 Å². The second-order valence-corrected chi connectivity index (χ2v) is 6.44. The van der Waals surface area contributed by atoms with Gasteiger partial charge in [0.25, 0.3) is 0 Å². The zero-order valence-electron chi connectivity index (χ0n) is 14.8. The molecule has 0 aliphatic carbocycles. The molecule has 2 aromatic carbocycles. The summed E-state index contributed by atoms with van der Waals surface area (Å²) in [7, 11) is 1.68. The van der Waals surface area contributed by atoms with Gasteiger partial charge in [-0.15, -0.1) is 0 Å². The molecule has 0 amide bonds. The second kappa shape index (κ2) is 6.76. The Hall–Kier alpha value is -2.53. The molecule has 1 aliphatic heterocycles. The number of fused-ring (bicyclic) bond motifs is 1. The average Bonchev–Trinajstić information content (AvgIpc) is 3.11. The number of aromatic amines is 1. The van der Waals surface area contributed by atoms with Gasteiger partial charge >= 0.3 is 0 Å². The van der Waals surface area contributed by atoms with Crippen LogP contribution in [0.3, 0.4) is 0 Å². The number of benzene rings is 2. The number of nitrogens with zero attached hydrogens (tertiary/aromatic N) is 3. The van der Waals surface area contributed by atoms with Crippen LogP contribution in [0.4, 0.5) is 5.69 Å². The van der Waals surface area contributed by atoms with Crippen molar-refractivity contribution in [3.63, 3.8) is 0 Å². The second-order valence-electron chi connectivity index (χ2n) is 6.44. The summed E-state index contributed by atoms with van der Waals surface area (Å²) in [6.45, 7) is 7.85. The number of aromatic nitrogens is 2. The summed E-state index contributed by atoms with van der Waals surface area (Å²) in [6.07, 6.45) is 0. The first-order chi connectivity index (χ1) is 12.3. The van der Waals surface area contributed by atoms with Crippen LogP contribution in [0, 0.1) is 0 Å². The molecule has 0 saturated carbocycles. The molecule has 5 nitrogen and oxygen atoms in total. The number of piperazine rings is 1. The van der Waals surface area contributed by atoms with E-state index in [0.717, 1.165) is 60.9 Å². The summed E-state index contributed by atoms with van der Waals surface area (Å²) in [6, 6.07) is 14.6. The van der Waals surface area contributed by atoms with Gasteiger partial charge in [-0.05, 0) is 42.9 Å². The lowest BCUT2D eigenvalue weighted by Gasteiger charge is -2.35. The van der Waals surface area contributed by atoms with Crippen LogP contribution in [0.1, 0.15) is 6.92 Å². The van der Waals surface area contributed by atoms with Crippen LogP contribution in [0.2, 0.25) is 0 Å². The molecule has 25 heavy (non-hydrogen) atoms. The van der Waals surface area contributed by atoms with Crippen LogP contribution in [0.5, 0.6) is 5.75 Å². The van der Waals surface area contributed by atoms with Crippen molar-refractivity contribution < 1.29 is 4.74 Å². The van der Waals surface area contributed by atoms with E-state index in [1.165, 1.54) is 5.69 Å². The van der Waals surface area contributed by atoms with Crippen molar-refractivity contribution in [1.29, 1.82) is 0 Å². The molecule has 5 heteroatoms. The number of H-pyrrole nitrogens is 1. The molecule has 1 aromatic heterocycles. The van der Waals surface area contributed by atoms with Gasteiger partial charge in [0.05, 0.1) is 18.1 Å². The Morgan fingerprint density at radius 2 is 1.80 bits per heavy atom. The molecule has 0 radical (unpaired) electrons. The van der Waals surface area contributed by atoms with Crippen LogP contribution in [-0.4, -0.2) is 54.7 Å². The van der Waals surface area contributed by atoms with E-state index in [1.54, 1.807) is 7.11 Å². The highest BCUT2D eigenvalue weighted by atomic mass is 16.5. The van der Waals surface area contributed by atoms with E-state index in [-0.39, 0.29) is 0 Å². The summed E-state index contributed by atoms with van der Waals surface area (Å²) in [5.74, 6) is 1.73. The molecule has 4 rings (SSSR count). The van der Waals surface area contributed by atoms with E-state index in [2.05, 4.69) is 46.0 Å². The predicted molar refractivity (Wildman–Crippen MR) is 102 cm³/mol. The number of imidazole rings is 1. The number of rotatable bonds is 4. The third-order valence-electron chi connectivity index (χ3n) is 5.01. The van der Waals surface area contributed by atoms with E-state index in [9.17, 15) is 0 Å². The lowest BCUT2D eigenvalue weighted by molar-refractivity contribution is 0.271. The van der Waals surface area contributed by atoms with E-state index in [1.807, 2.05) is 18.2 Å². The first-order valence-corrected chi connectivity index (χ1v) is 8.88. The summed E-state index contributed by atoms with van der Waals surface area (Å²) in [5.41, 5.74) is 4.34.